The van der Waals surface area contributed by atoms with E-state index in [2.05, 4.69) is 4.98 Å². The summed E-state index contributed by atoms with van der Waals surface area (Å²) in [6, 6.07) is 5.55. The van der Waals surface area contributed by atoms with Crippen LogP contribution in [0, 0.1) is 6.92 Å². The number of aromatic nitrogens is 1. The smallest absolute Gasteiger partial charge is 0.135 e. The standard InChI is InChI=1S/C13H16N2O2/c1-9-4-7-17-13(9)12(16)11(8-14)10-2-5-15-6-3-10/h2-7,11-12,16H,8,14H2,1H3. The predicted octanol–water partition coefficient (Wildman–Crippen LogP) is 1.76. The maximum Gasteiger partial charge on any atom is 0.135 e. The molecular weight excluding hydrogens is 216 g/mol. The van der Waals surface area contributed by atoms with E-state index in [4.69, 9.17) is 10.2 Å². The van der Waals surface area contributed by atoms with Gasteiger partial charge in [-0.15, -0.1) is 0 Å². The number of nitrogens with zero attached hydrogens (tertiary/aromatic N) is 1. The first-order chi connectivity index (χ1) is 8.24. The van der Waals surface area contributed by atoms with Gasteiger partial charge in [0, 0.05) is 24.9 Å². The lowest BCUT2D eigenvalue weighted by Crippen LogP contribution is -2.20. The fourth-order valence-electron chi connectivity index (χ4n) is 1.93. The summed E-state index contributed by atoms with van der Waals surface area (Å²) in [5, 5.41) is 10.3. The Hall–Kier alpha value is -1.65. The molecule has 2 heterocycles. The number of pyridine rings is 1. The van der Waals surface area contributed by atoms with Gasteiger partial charge in [-0.1, -0.05) is 0 Å². The monoisotopic (exact) mass is 232 g/mol. The van der Waals surface area contributed by atoms with E-state index in [-0.39, 0.29) is 5.92 Å². The molecule has 4 heteroatoms. The summed E-state index contributed by atoms with van der Waals surface area (Å²) in [5.41, 5.74) is 7.64. The molecule has 0 spiro atoms. The molecule has 2 unspecified atom stereocenters. The largest absolute Gasteiger partial charge is 0.466 e. The summed E-state index contributed by atoms with van der Waals surface area (Å²) in [5.74, 6) is 0.403. The van der Waals surface area contributed by atoms with Gasteiger partial charge in [-0.2, -0.15) is 0 Å². The molecule has 3 N–H and O–H groups in total. The van der Waals surface area contributed by atoms with Gasteiger partial charge in [0.2, 0.25) is 0 Å². The van der Waals surface area contributed by atoms with Crippen molar-refractivity contribution in [3.8, 4) is 0 Å². The van der Waals surface area contributed by atoms with E-state index in [0.717, 1.165) is 11.1 Å². The third-order valence-electron chi connectivity index (χ3n) is 2.94. The number of rotatable bonds is 4. The van der Waals surface area contributed by atoms with Gasteiger partial charge in [0.1, 0.15) is 11.9 Å². The Balaban J connectivity index is 2.28. The minimum absolute atomic E-state index is 0.178. The summed E-state index contributed by atoms with van der Waals surface area (Å²) in [7, 11) is 0. The van der Waals surface area contributed by atoms with E-state index >= 15 is 0 Å². The Kier molecular flexibility index (Phi) is 3.56. The van der Waals surface area contributed by atoms with E-state index in [9.17, 15) is 5.11 Å². The molecule has 0 bridgehead atoms. The lowest BCUT2D eigenvalue weighted by molar-refractivity contribution is 0.121. The molecular formula is C13H16N2O2. The van der Waals surface area contributed by atoms with Gasteiger partial charge in [-0.05, 0) is 36.2 Å². The Labute approximate surface area is 100 Å². The van der Waals surface area contributed by atoms with Crippen molar-refractivity contribution in [3.05, 3.63) is 53.7 Å². The van der Waals surface area contributed by atoms with Crippen LogP contribution in [0.15, 0.2) is 41.3 Å². The maximum atomic E-state index is 10.3. The van der Waals surface area contributed by atoms with Crippen molar-refractivity contribution in [2.45, 2.75) is 18.9 Å². The van der Waals surface area contributed by atoms with Crippen LogP contribution in [0.25, 0.3) is 0 Å². The number of hydrogen-bond donors (Lipinski definition) is 2. The van der Waals surface area contributed by atoms with Crippen LogP contribution in [0.3, 0.4) is 0 Å². The third-order valence-corrected chi connectivity index (χ3v) is 2.94. The third kappa shape index (κ3) is 2.38. The molecule has 0 aromatic carbocycles. The number of furan rings is 1. The van der Waals surface area contributed by atoms with Gasteiger partial charge in [0.25, 0.3) is 0 Å². The molecule has 2 rings (SSSR count). The van der Waals surface area contributed by atoms with Crippen LogP contribution in [0.5, 0.6) is 0 Å². The summed E-state index contributed by atoms with van der Waals surface area (Å²) >= 11 is 0. The van der Waals surface area contributed by atoms with E-state index in [1.807, 2.05) is 25.1 Å². The first-order valence-electron chi connectivity index (χ1n) is 5.56. The van der Waals surface area contributed by atoms with Crippen molar-refractivity contribution < 1.29 is 9.52 Å². The fraction of sp³-hybridized carbons (Fsp3) is 0.308. The normalized spacial score (nSPS) is 14.5. The molecule has 0 radical (unpaired) electrons. The maximum absolute atomic E-state index is 10.3. The minimum Gasteiger partial charge on any atom is -0.466 e. The van der Waals surface area contributed by atoms with Gasteiger partial charge >= 0.3 is 0 Å². The van der Waals surface area contributed by atoms with Crippen molar-refractivity contribution in [2.24, 2.45) is 5.73 Å². The Morgan fingerprint density at radius 3 is 2.59 bits per heavy atom. The zero-order valence-corrected chi connectivity index (χ0v) is 9.71. The van der Waals surface area contributed by atoms with Crippen molar-refractivity contribution in [1.29, 1.82) is 0 Å². The zero-order valence-electron chi connectivity index (χ0n) is 9.71. The quantitative estimate of drug-likeness (QED) is 0.842. The molecule has 2 aromatic rings. The molecule has 0 saturated carbocycles. The highest BCUT2D eigenvalue weighted by molar-refractivity contribution is 5.24. The lowest BCUT2D eigenvalue weighted by Gasteiger charge is -2.20. The second-order valence-electron chi connectivity index (χ2n) is 4.04. The summed E-state index contributed by atoms with van der Waals surface area (Å²) in [6.07, 6.45) is 4.24. The van der Waals surface area contributed by atoms with E-state index in [1.165, 1.54) is 0 Å². The van der Waals surface area contributed by atoms with Gasteiger partial charge in [-0.3, -0.25) is 4.98 Å². The van der Waals surface area contributed by atoms with E-state index < -0.39 is 6.10 Å². The number of nitrogens with two attached hydrogens (primary N) is 1. The van der Waals surface area contributed by atoms with Gasteiger partial charge < -0.3 is 15.3 Å². The van der Waals surface area contributed by atoms with Crippen LogP contribution < -0.4 is 5.73 Å². The van der Waals surface area contributed by atoms with Gasteiger partial charge in [0.15, 0.2) is 0 Å². The first kappa shape index (κ1) is 11.8. The number of hydrogen-bond acceptors (Lipinski definition) is 4. The van der Waals surface area contributed by atoms with Crippen LogP contribution in [-0.2, 0) is 0 Å². The molecule has 2 aromatic heterocycles. The molecule has 0 fully saturated rings. The van der Waals surface area contributed by atoms with Crippen LogP contribution in [0.4, 0.5) is 0 Å². The highest BCUT2D eigenvalue weighted by Crippen LogP contribution is 2.31. The second-order valence-corrected chi connectivity index (χ2v) is 4.04. The topological polar surface area (TPSA) is 72.3 Å². The number of aliphatic hydroxyl groups excluding tert-OH is 1. The number of aryl methyl sites for hydroxylation is 1. The Morgan fingerprint density at radius 2 is 2.06 bits per heavy atom. The highest BCUT2D eigenvalue weighted by atomic mass is 16.4. The minimum atomic E-state index is -0.725. The SMILES string of the molecule is Cc1ccoc1C(O)C(CN)c1ccncc1. The summed E-state index contributed by atoms with van der Waals surface area (Å²) < 4.78 is 5.31. The Morgan fingerprint density at radius 1 is 1.35 bits per heavy atom. The van der Waals surface area contributed by atoms with Crippen molar-refractivity contribution in [1.82, 2.24) is 4.98 Å². The van der Waals surface area contributed by atoms with E-state index in [1.54, 1.807) is 18.7 Å². The predicted molar refractivity (Wildman–Crippen MR) is 64.4 cm³/mol. The molecule has 0 amide bonds. The second kappa shape index (κ2) is 5.12. The molecule has 4 nitrogen and oxygen atoms in total. The average Bonchev–Trinajstić information content (AvgIpc) is 2.77. The van der Waals surface area contributed by atoms with Crippen LogP contribution >= 0.6 is 0 Å². The molecule has 17 heavy (non-hydrogen) atoms. The molecule has 0 saturated heterocycles. The average molecular weight is 232 g/mol. The lowest BCUT2D eigenvalue weighted by atomic mass is 9.92. The first-order valence-corrected chi connectivity index (χ1v) is 5.56. The number of aliphatic hydroxyl groups is 1. The zero-order chi connectivity index (χ0) is 12.3. The van der Waals surface area contributed by atoms with Crippen LogP contribution in [-0.4, -0.2) is 16.6 Å². The summed E-state index contributed by atoms with van der Waals surface area (Å²) in [6.45, 7) is 2.26. The molecule has 2 atom stereocenters. The van der Waals surface area contributed by atoms with Crippen molar-refractivity contribution in [3.63, 3.8) is 0 Å². The van der Waals surface area contributed by atoms with Crippen molar-refractivity contribution >= 4 is 0 Å². The fourth-order valence-corrected chi connectivity index (χ4v) is 1.93. The molecule has 0 aliphatic rings. The van der Waals surface area contributed by atoms with Crippen LogP contribution in [0.1, 0.15) is 28.9 Å². The molecule has 90 valence electrons. The van der Waals surface area contributed by atoms with Crippen LogP contribution in [0.2, 0.25) is 0 Å². The summed E-state index contributed by atoms with van der Waals surface area (Å²) in [4.78, 5) is 3.96. The molecule has 0 aliphatic heterocycles. The van der Waals surface area contributed by atoms with E-state index in [0.29, 0.717) is 12.3 Å². The Bertz CT molecular complexity index is 467. The van der Waals surface area contributed by atoms with Crippen molar-refractivity contribution in [2.75, 3.05) is 6.54 Å². The highest BCUT2D eigenvalue weighted by Gasteiger charge is 2.25. The van der Waals surface area contributed by atoms with Gasteiger partial charge in [-0.25, -0.2) is 0 Å². The van der Waals surface area contributed by atoms with Gasteiger partial charge in [0.05, 0.1) is 6.26 Å². The molecule has 0 aliphatic carbocycles.